The summed E-state index contributed by atoms with van der Waals surface area (Å²) in [6.45, 7) is 28.9. The summed E-state index contributed by atoms with van der Waals surface area (Å²) in [7, 11) is 1.98. The van der Waals surface area contributed by atoms with Crippen molar-refractivity contribution in [3.8, 4) is 11.5 Å². The number of benzene rings is 2. The summed E-state index contributed by atoms with van der Waals surface area (Å²) in [5.41, 5.74) is 5.76. The molecule has 2 aromatic carbocycles. The van der Waals surface area contributed by atoms with Gasteiger partial charge in [0.25, 0.3) is 0 Å². The van der Waals surface area contributed by atoms with Crippen LogP contribution in [0.5, 0.6) is 11.5 Å². The van der Waals surface area contributed by atoms with Crippen LogP contribution in [0.4, 0.5) is 0 Å². The molecule has 0 radical (unpaired) electrons. The Morgan fingerprint density at radius 3 is 1.56 bits per heavy atom. The van der Waals surface area contributed by atoms with E-state index in [-0.39, 0.29) is 28.1 Å². The molecule has 0 saturated heterocycles. The fourth-order valence-electron chi connectivity index (χ4n) is 5.44. The zero-order chi connectivity index (χ0) is 37.3. The summed E-state index contributed by atoms with van der Waals surface area (Å²) < 4.78 is 0. The van der Waals surface area contributed by atoms with Crippen LogP contribution in [-0.4, -0.2) is 42.5 Å². The van der Waals surface area contributed by atoms with Crippen molar-refractivity contribution in [1.82, 2.24) is 10.6 Å². The summed E-state index contributed by atoms with van der Waals surface area (Å²) >= 11 is 0. The lowest BCUT2D eigenvalue weighted by atomic mass is 9.78. The van der Waals surface area contributed by atoms with E-state index in [2.05, 4.69) is 98.9 Å². The van der Waals surface area contributed by atoms with Crippen molar-refractivity contribution in [3.63, 3.8) is 0 Å². The smallest absolute Gasteiger partial charge is 0.220 e. The SMILES string of the molecule is CC.CC(C)(C)c1cc(CCC=O)cc(C(C)(C)C)c1O.CNCCCCCCNC(=O)CCc1cc(C(C)C)c(O)c(C(C)(C)C)c1. The molecule has 0 saturated carbocycles. The third-order valence-corrected chi connectivity index (χ3v) is 8.28. The second-order valence-electron chi connectivity index (χ2n) is 16.1. The van der Waals surface area contributed by atoms with Crippen LogP contribution in [0.15, 0.2) is 24.3 Å². The molecule has 0 spiro atoms. The molecular weight excluding hydrogens is 596 g/mol. The third-order valence-electron chi connectivity index (χ3n) is 8.28. The number of carbonyl (C=O) groups excluding carboxylic acids is 2. The number of aldehydes is 1. The lowest BCUT2D eigenvalue weighted by Crippen LogP contribution is -2.24. The zero-order valence-corrected chi connectivity index (χ0v) is 33.2. The molecular formula is C42H72N2O4. The molecule has 0 aliphatic carbocycles. The fraction of sp³-hybridized carbons (Fsp3) is 0.667. The first-order valence-electron chi connectivity index (χ1n) is 18.3. The number of aromatic hydroxyl groups is 2. The highest BCUT2D eigenvalue weighted by molar-refractivity contribution is 5.76. The Morgan fingerprint density at radius 2 is 1.15 bits per heavy atom. The van der Waals surface area contributed by atoms with Crippen molar-refractivity contribution in [2.24, 2.45) is 0 Å². The van der Waals surface area contributed by atoms with Crippen LogP contribution < -0.4 is 10.6 Å². The van der Waals surface area contributed by atoms with Gasteiger partial charge < -0.3 is 25.6 Å². The van der Waals surface area contributed by atoms with Gasteiger partial charge in [-0.05, 0) is 94.8 Å². The van der Waals surface area contributed by atoms with Gasteiger partial charge in [0.2, 0.25) is 5.91 Å². The van der Waals surface area contributed by atoms with E-state index in [9.17, 15) is 19.8 Å². The van der Waals surface area contributed by atoms with Crippen molar-refractivity contribution in [2.75, 3.05) is 20.1 Å². The number of aryl methyl sites for hydroxylation is 2. The minimum atomic E-state index is -0.126. The number of phenols is 2. The van der Waals surface area contributed by atoms with E-state index in [0.717, 1.165) is 72.0 Å². The van der Waals surface area contributed by atoms with Gasteiger partial charge in [-0.1, -0.05) is 127 Å². The quantitative estimate of drug-likeness (QED) is 0.119. The Morgan fingerprint density at radius 1 is 0.708 bits per heavy atom. The standard InChI is InChI=1S/C23H40N2O2.C17H26O2.C2H6/c1-17(2)19-15-18(16-20(22(19)27)23(3,4)5)11-12-21(26)25-14-10-8-7-9-13-24-6;1-16(2,3)13-10-12(8-7-9-18)11-14(15(13)19)17(4,5)6;1-2/h15-17,24,27H,7-14H2,1-6H3,(H,25,26);9-11,19H,7-8H2,1-6H3;1-2H3. The molecule has 0 unspecified atom stereocenters. The van der Waals surface area contributed by atoms with Gasteiger partial charge in [0, 0.05) is 19.4 Å². The first-order valence-corrected chi connectivity index (χ1v) is 18.3. The van der Waals surface area contributed by atoms with Crippen molar-refractivity contribution in [1.29, 1.82) is 0 Å². The maximum atomic E-state index is 12.1. The predicted molar refractivity (Wildman–Crippen MR) is 206 cm³/mol. The molecule has 0 aliphatic heterocycles. The van der Waals surface area contributed by atoms with Gasteiger partial charge in [0.15, 0.2) is 0 Å². The van der Waals surface area contributed by atoms with Crippen molar-refractivity contribution >= 4 is 12.2 Å². The van der Waals surface area contributed by atoms with Gasteiger partial charge in [-0.2, -0.15) is 0 Å². The van der Waals surface area contributed by atoms with Gasteiger partial charge >= 0.3 is 0 Å². The molecule has 2 aromatic rings. The second kappa shape index (κ2) is 21.3. The molecule has 0 heterocycles. The van der Waals surface area contributed by atoms with Gasteiger partial charge in [-0.3, -0.25) is 4.79 Å². The maximum absolute atomic E-state index is 12.1. The lowest BCUT2D eigenvalue weighted by Gasteiger charge is -2.28. The van der Waals surface area contributed by atoms with Crippen LogP contribution in [0.3, 0.4) is 0 Å². The van der Waals surface area contributed by atoms with Crippen molar-refractivity contribution < 1.29 is 19.8 Å². The Balaban J connectivity index is 0.000000922. The Bertz CT molecular complexity index is 1210. The zero-order valence-electron chi connectivity index (χ0n) is 33.2. The first kappa shape index (κ1) is 45.1. The van der Waals surface area contributed by atoms with Gasteiger partial charge in [0.1, 0.15) is 17.8 Å². The summed E-state index contributed by atoms with van der Waals surface area (Å²) in [5, 5.41) is 27.4. The van der Waals surface area contributed by atoms with Crippen LogP contribution in [0.25, 0.3) is 0 Å². The van der Waals surface area contributed by atoms with E-state index in [0.29, 0.717) is 30.8 Å². The van der Waals surface area contributed by atoms with Gasteiger partial charge in [-0.25, -0.2) is 0 Å². The summed E-state index contributed by atoms with van der Waals surface area (Å²) in [5.74, 6) is 1.17. The number of hydrogen-bond acceptors (Lipinski definition) is 5. The normalized spacial score (nSPS) is 11.7. The molecule has 4 N–H and O–H groups in total. The predicted octanol–water partition coefficient (Wildman–Crippen LogP) is 9.79. The number of unbranched alkanes of at least 4 members (excludes halogenated alkanes) is 3. The Kier molecular flexibility index (Phi) is 20.0. The minimum Gasteiger partial charge on any atom is -0.507 e. The second-order valence-corrected chi connectivity index (χ2v) is 16.1. The highest BCUT2D eigenvalue weighted by Crippen LogP contribution is 2.40. The van der Waals surface area contributed by atoms with E-state index >= 15 is 0 Å². The number of amides is 1. The highest BCUT2D eigenvalue weighted by Gasteiger charge is 2.26. The first-order chi connectivity index (χ1) is 22.2. The van der Waals surface area contributed by atoms with Crippen LogP contribution in [0.1, 0.15) is 168 Å². The number of phenolic OH excluding ortho intramolecular Hbond substituents is 2. The Labute approximate surface area is 294 Å². The minimum absolute atomic E-state index is 0.110. The van der Waals surface area contributed by atoms with Crippen molar-refractivity contribution in [3.05, 3.63) is 57.6 Å². The summed E-state index contributed by atoms with van der Waals surface area (Å²) in [6, 6.07) is 8.20. The average molecular weight is 669 g/mol. The van der Waals surface area contributed by atoms with E-state index in [1.807, 2.05) is 33.0 Å². The van der Waals surface area contributed by atoms with Crippen molar-refractivity contribution in [2.45, 2.75) is 164 Å². The average Bonchev–Trinajstić information content (AvgIpc) is 2.99. The van der Waals surface area contributed by atoms with Gasteiger partial charge in [0.05, 0.1) is 0 Å². The van der Waals surface area contributed by atoms with Crippen LogP contribution in [0.2, 0.25) is 0 Å². The molecule has 6 nitrogen and oxygen atoms in total. The summed E-state index contributed by atoms with van der Waals surface area (Å²) in [6.07, 6.45) is 8.00. The topological polar surface area (TPSA) is 98.7 Å². The molecule has 0 aromatic heterocycles. The monoisotopic (exact) mass is 669 g/mol. The number of hydrogen-bond donors (Lipinski definition) is 4. The molecule has 6 heteroatoms. The molecule has 0 atom stereocenters. The fourth-order valence-corrected chi connectivity index (χ4v) is 5.44. The molecule has 0 aliphatic rings. The third kappa shape index (κ3) is 16.0. The largest absolute Gasteiger partial charge is 0.507 e. The van der Waals surface area contributed by atoms with Crippen LogP contribution in [0, 0.1) is 0 Å². The van der Waals surface area contributed by atoms with E-state index in [1.54, 1.807) is 0 Å². The summed E-state index contributed by atoms with van der Waals surface area (Å²) in [4.78, 5) is 22.7. The van der Waals surface area contributed by atoms with E-state index in [4.69, 9.17) is 0 Å². The number of nitrogens with one attached hydrogen (secondary N) is 2. The number of rotatable bonds is 14. The number of carbonyl (C=O) groups is 2. The molecule has 1 amide bonds. The highest BCUT2D eigenvalue weighted by atomic mass is 16.3. The van der Waals surface area contributed by atoms with Gasteiger partial charge in [-0.15, -0.1) is 0 Å². The molecule has 48 heavy (non-hydrogen) atoms. The maximum Gasteiger partial charge on any atom is 0.220 e. The van der Waals surface area contributed by atoms with Crippen LogP contribution >= 0.6 is 0 Å². The van der Waals surface area contributed by atoms with E-state index in [1.165, 1.54) is 12.8 Å². The molecule has 0 fully saturated rings. The van der Waals surface area contributed by atoms with Crippen LogP contribution in [-0.2, 0) is 38.7 Å². The molecule has 2 rings (SSSR count). The molecule has 274 valence electrons. The lowest BCUT2D eigenvalue weighted by molar-refractivity contribution is -0.121. The Hall–Kier alpha value is -2.86. The molecule has 0 bridgehead atoms. The van der Waals surface area contributed by atoms with E-state index < -0.39 is 0 Å².